The fourth-order valence-electron chi connectivity index (χ4n) is 3.55. The Balaban J connectivity index is 1.98. The zero-order valence-corrected chi connectivity index (χ0v) is 17.6. The van der Waals surface area contributed by atoms with Gasteiger partial charge in [-0.2, -0.15) is 0 Å². The smallest absolute Gasteiger partial charge is 0.279 e. The van der Waals surface area contributed by atoms with Crippen LogP contribution in [0, 0.1) is 6.92 Å². The number of rotatable bonds is 5. The molecule has 0 saturated carbocycles. The molecule has 4 heteroatoms. The average Bonchev–Trinajstić information content (AvgIpc) is 3.10. The minimum atomic E-state index is -0.142. The molecule has 1 N–H and O–H groups in total. The fraction of sp³-hybridized carbons (Fsp3) is 0.0741. The Morgan fingerprint density at radius 1 is 0.968 bits per heavy atom. The Labute approximate surface area is 181 Å². The highest BCUT2D eigenvalue weighted by molar-refractivity contribution is 5.79. The molecule has 0 spiro atoms. The number of methoxy groups -OCH3 is 1. The molecule has 0 fully saturated rings. The zero-order valence-electron chi connectivity index (χ0n) is 17.6. The van der Waals surface area contributed by atoms with Gasteiger partial charge in [-0.3, -0.25) is 9.89 Å². The highest BCUT2D eigenvalue weighted by Crippen LogP contribution is 2.21. The maximum atomic E-state index is 13.4. The van der Waals surface area contributed by atoms with E-state index >= 15 is 0 Å². The van der Waals surface area contributed by atoms with Gasteiger partial charge in [0.05, 0.1) is 23.4 Å². The molecule has 0 aliphatic rings. The summed E-state index contributed by atoms with van der Waals surface area (Å²) in [6.07, 6.45) is 3.92. The first kappa shape index (κ1) is 20.2. The van der Waals surface area contributed by atoms with E-state index in [0.717, 1.165) is 33.7 Å². The first-order valence-corrected chi connectivity index (χ1v) is 10.1. The summed E-state index contributed by atoms with van der Waals surface area (Å²) < 4.78 is 7.00. The lowest BCUT2D eigenvalue weighted by Crippen LogP contribution is -2.36. The number of allylic oxidation sites excluding steroid dienone is 1. The number of para-hydroxylation sites is 2. The van der Waals surface area contributed by atoms with Gasteiger partial charge >= 0.3 is 0 Å². The molecule has 0 saturated heterocycles. The Hall–Kier alpha value is -4.05. The van der Waals surface area contributed by atoms with Gasteiger partial charge in [0.25, 0.3) is 5.56 Å². The number of nitrogens with zero attached hydrogens (tertiary/aromatic N) is 1. The van der Waals surface area contributed by atoms with Crippen molar-refractivity contribution in [2.24, 2.45) is 0 Å². The predicted molar refractivity (Wildman–Crippen MR) is 127 cm³/mol. The first-order valence-electron chi connectivity index (χ1n) is 10.1. The predicted octanol–water partition coefficient (Wildman–Crippen LogP) is 3.81. The van der Waals surface area contributed by atoms with Gasteiger partial charge in [-0.15, -0.1) is 0 Å². The third kappa shape index (κ3) is 4.14. The molecule has 1 aromatic heterocycles. The lowest BCUT2D eigenvalue weighted by molar-refractivity contribution is 0.414. The molecular formula is C27H24N2O2. The number of ether oxygens (including phenoxy) is 1. The van der Waals surface area contributed by atoms with Gasteiger partial charge in [-0.1, -0.05) is 85.0 Å². The molecule has 154 valence electrons. The van der Waals surface area contributed by atoms with Crippen LogP contribution in [0.3, 0.4) is 0 Å². The highest BCUT2D eigenvalue weighted by Gasteiger charge is 2.10. The van der Waals surface area contributed by atoms with Crippen molar-refractivity contribution in [3.8, 4) is 11.4 Å². The van der Waals surface area contributed by atoms with Crippen LogP contribution in [0.25, 0.3) is 23.9 Å². The molecule has 31 heavy (non-hydrogen) atoms. The highest BCUT2D eigenvalue weighted by atomic mass is 16.5. The number of aromatic nitrogens is 2. The molecule has 0 aliphatic heterocycles. The van der Waals surface area contributed by atoms with Crippen molar-refractivity contribution in [3.63, 3.8) is 0 Å². The molecule has 4 aromatic rings. The second-order valence-electron chi connectivity index (χ2n) is 7.30. The van der Waals surface area contributed by atoms with Gasteiger partial charge in [0.2, 0.25) is 0 Å². The van der Waals surface area contributed by atoms with Crippen LogP contribution in [0.2, 0.25) is 0 Å². The first-order chi connectivity index (χ1) is 15.1. The Morgan fingerprint density at radius 2 is 1.65 bits per heavy atom. The van der Waals surface area contributed by atoms with Gasteiger partial charge < -0.3 is 4.74 Å². The second-order valence-corrected chi connectivity index (χ2v) is 7.30. The third-order valence-corrected chi connectivity index (χ3v) is 5.18. The molecule has 1 heterocycles. The number of benzene rings is 3. The SMILES string of the molecule is C=c1[nH]n(-c2ccccc2)c(=O)/c1=C(/C=C/c1ccccc1OC)c1ccc(C)cc1. The van der Waals surface area contributed by atoms with Crippen LogP contribution in [0.1, 0.15) is 16.7 Å². The third-order valence-electron chi connectivity index (χ3n) is 5.18. The summed E-state index contributed by atoms with van der Waals surface area (Å²) in [6, 6.07) is 25.4. The normalized spacial score (nSPS) is 12.2. The monoisotopic (exact) mass is 408 g/mol. The number of hydrogen-bond acceptors (Lipinski definition) is 2. The van der Waals surface area contributed by atoms with E-state index in [1.807, 2.05) is 97.9 Å². The van der Waals surface area contributed by atoms with Crippen molar-refractivity contribution in [3.05, 3.63) is 123 Å². The van der Waals surface area contributed by atoms with E-state index in [2.05, 4.69) is 11.7 Å². The molecule has 0 radical (unpaired) electrons. The second kappa shape index (κ2) is 8.76. The Kier molecular flexibility index (Phi) is 5.72. The maximum Gasteiger partial charge on any atom is 0.279 e. The summed E-state index contributed by atoms with van der Waals surface area (Å²) in [4.78, 5) is 13.4. The minimum Gasteiger partial charge on any atom is -0.496 e. The fourth-order valence-corrected chi connectivity index (χ4v) is 3.55. The summed E-state index contributed by atoms with van der Waals surface area (Å²) in [5.74, 6) is 0.771. The summed E-state index contributed by atoms with van der Waals surface area (Å²) in [5, 5.41) is 4.23. The lowest BCUT2D eigenvalue weighted by atomic mass is 10.0. The number of aromatic amines is 1. The minimum absolute atomic E-state index is 0.142. The maximum absolute atomic E-state index is 13.4. The van der Waals surface area contributed by atoms with Crippen LogP contribution in [0.5, 0.6) is 5.75 Å². The molecule has 0 amide bonds. The molecule has 0 unspecified atom stereocenters. The van der Waals surface area contributed by atoms with Crippen molar-refractivity contribution in [2.75, 3.05) is 7.11 Å². The summed E-state index contributed by atoms with van der Waals surface area (Å²) in [6.45, 7) is 6.17. The average molecular weight is 409 g/mol. The number of aryl methyl sites for hydroxylation is 1. The van der Waals surface area contributed by atoms with Crippen molar-refractivity contribution in [1.82, 2.24) is 9.78 Å². The van der Waals surface area contributed by atoms with Crippen LogP contribution < -0.4 is 20.9 Å². The van der Waals surface area contributed by atoms with E-state index in [4.69, 9.17) is 4.74 Å². The van der Waals surface area contributed by atoms with Gasteiger partial charge in [-0.25, -0.2) is 4.68 Å². The van der Waals surface area contributed by atoms with Gasteiger partial charge in [-0.05, 0) is 36.3 Å². The molecule has 4 nitrogen and oxygen atoms in total. The number of hydrogen-bond donors (Lipinski definition) is 1. The van der Waals surface area contributed by atoms with Crippen molar-refractivity contribution < 1.29 is 4.74 Å². The van der Waals surface area contributed by atoms with Crippen LogP contribution in [-0.4, -0.2) is 16.9 Å². The molecule has 3 aromatic carbocycles. The molecule has 4 rings (SSSR count). The number of nitrogens with one attached hydrogen (secondary N) is 1. The summed E-state index contributed by atoms with van der Waals surface area (Å²) in [7, 11) is 1.65. The van der Waals surface area contributed by atoms with E-state index in [0.29, 0.717) is 10.6 Å². The van der Waals surface area contributed by atoms with E-state index in [9.17, 15) is 4.79 Å². The quantitative estimate of drug-likeness (QED) is 0.546. The number of H-pyrrole nitrogens is 1. The van der Waals surface area contributed by atoms with Gasteiger partial charge in [0.1, 0.15) is 5.75 Å². The summed E-state index contributed by atoms with van der Waals surface area (Å²) in [5.41, 5.74) is 4.45. The Morgan fingerprint density at radius 3 is 2.35 bits per heavy atom. The van der Waals surface area contributed by atoms with Crippen molar-refractivity contribution in [1.29, 1.82) is 0 Å². The molecule has 0 aliphatic carbocycles. The van der Waals surface area contributed by atoms with E-state index in [1.165, 1.54) is 4.68 Å². The van der Waals surface area contributed by atoms with Crippen molar-refractivity contribution in [2.45, 2.75) is 6.92 Å². The van der Waals surface area contributed by atoms with E-state index < -0.39 is 0 Å². The van der Waals surface area contributed by atoms with Gasteiger partial charge in [0.15, 0.2) is 0 Å². The lowest BCUT2D eigenvalue weighted by Gasteiger charge is -2.06. The van der Waals surface area contributed by atoms with Crippen LogP contribution in [0.4, 0.5) is 0 Å². The van der Waals surface area contributed by atoms with Crippen LogP contribution >= 0.6 is 0 Å². The van der Waals surface area contributed by atoms with Crippen molar-refractivity contribution >= 4 is 18.2 Å². The van der Waals surface area contributed by atoms with Crippen LogP contribution in [0.15, 0.2) is 89.7 Å². The van der Waals surface area contributed by atoms with E-state index in [1.54, 1.807) is 7.11 Å². The molecular weight excluding hydrogens is 384 g/mol. The van der Waals surface area contributed by atoms with E-state index in [-0.39, 0.29) is 5.56 Å². The molecule has 0 atom stereocenters. The largest absolute Gasteiger partial charge is 0.496 e. The molecule has 0 bridgehead atoms. The van der Waals surface area contributed by atoms with Crippen LogP contribution in [-0.2, 0) is 0 Å². The zero-order chi connectivity index (χ0) is 21.8. The summed E-state index contributed by atoms with van der Waals surface area (Å²) >= 11 is 0. The van der Waals surface area contributed by atoms with Gasteiger partial charge in [0, 0.05) is 5.56 Å². The topological polar surface area (TPSA) is 47.0 Å². The standard InChI is InChI=1S/C27H24N2O2/c1-19-13-15-21(16-14-19)24(18-17-22-9-7-8-12-25(22)31-3)26-20(2)28-29(27(26)30)23-10-5-4-6-11-23/h4-18,28H,2H2,1,3H3/b18-17+,26-24-. The Bertz CT molecular complexity index is 1390.